The first-order valence-corrected chi connectivity index (χ1v) is 6.78. The highest BCUT2D eigenvalue weighted by molar-refractivity contribution is 5.93. The molecule has 4 heteroatoms. The molecule has 0 fully saturated rings. The molecule has 2 aromatic rings. The summed E-state index contributed by atoms with van der Waals surface area (Å²) in [6, 6.07) is 14.2. The summed E-state index contributed by atoms with van der Waals surface area (Å²) in [5.41, 5.74) is 1.96. The van der Waals surface area contributed by atoms with Crippen molar-refractivity contribution < 1.29 is 19.1 Å². The van der Waals surface area contributed by atoms with Crippen LogP contribution in [-0.2, 0) is 9.59 Å². The summed E-state index contributed by atoms with van der Waals surface area (Å²) < 4.78 is 10.2. The van der Waals surface area contributed by atoms with Crippen molar-refractivity contribution in [2.24, 2.45) is 0 Å². The van der Waals surface area contributed by atoms with Crippen LogP contribution < -0.4 is 9.47 Å². The molecule has 0 spiro atoms. The quantitative estimate of drug-likeness (QED) is 0.493. The van der Waals surface area contributed by atoms with Crippen molar-refractivity contribution >= 4 is 11.9 Å². The van der Waals surface area contributed by atoms with E-state index in [9.17, 15) is 9.59 Å². The highest BCUT2D eigenvalue weighted by Gasteiger charge is 2.04. The number of aryl methyl sites for hydroxylation is 2. The molecule has 4 nitrogen and oxygen atoms in total. The molecule has 0 saturated heterocycles. The van der Waals surface area contributed by atoms with Gasteiger partial charge >= 0.3 is 11.9 Å². The predicted molar refractivity (Wildman–Crippen MR) is 82.8 cm³/mol. The van der Waals surface area contributed by atoms with E-state index in [-0.39, 0.29) is 0 Å². The summed E-state index contributed by atoms with van der Waals surface area (Å²) in [6.45, 7) is 3.79. The van der Waals surface area contributed by atoms with Gasteiger partial charge in [-0.25, -0.2) is 9.59 Å². The van der Waals surface area contributed by atoms with E-state index in [2.05, 4.69) is 0 Å². The maximum atomic E-state index is 11.6. The minimum Gasteiger partial charge on any atom is -0.423 e. The first kappa shape index (κ1) is 15.5. The van der Waals surface area contributed by atoms with Gasteiger partial charge in [-0.1, -0.05) is 24.3 Å². The third-order valence-corrected chi connectivity index (χ3v) is 2.77. The molecule has 0 radical (unpaired) electrons. The van der Waals surface area contributed by atoms with Gasteiger partial charge in [0.15, 0.2) is 0 Å². The van der Waals surface area contributed by atoms with E-state index >= 15 is 0 Å². The molecule has 22 heavy (non-hydrogen) atoms. The number of carbonyl (C=O) groups is 2. The molecule has 2 rings (SSSR count). The number of benzene rings is 2. The first-order valence-electron chi connectivity index (χ1n) is 6.78. The van der Waals surface area contributed by atoms with Crippen molar-refractivity contribution in [3.05, 3.63) is 71.8 Å². The number of ether oxygens (including phenoxy) is 2. The van der Waals surface area contributed by atoms with Crippen molar-refractivity contribution in [3.8, 4) is 11.5 Å². The van der Waals surface area contributed by atoms with Crippen LogP contribution in [0, 0.1) is 13.8 Å². The van der Waals surface area contributed by atoms with Crippen molar-refractivity contribution in [3.63, 3.8) is 0 Å². The molecule has 0 aromatic heterocycles. The van der Waals surface area contributed by atoms with E-state index < -0.39 is 11.9 Å². The fourth-order valence-electron chi connectivity index (χ4n) is 1.79. The second-order valence-electron chi connectivity index (χ2n) is 4.81. The Kier molecular flexibility index (Phi) is 5.09. The Bertz CT molecular complexity index is 655. The van der Waals surface area contributed by atoms with Crippen LogP contribution in [0.4, 0.5) is 0 Å². The number of rotatable bonds is 4. The molecule has 0 unspecified atom stereocenters. The molecule has 0 heterocycles. The first-order chi connectivity index (χ1) is 10.5. The molecule has 0 amide bonds. The monoisotopic (exact) mass is 296 g/mol. The second-order valence-corrected chi connectivity index (χ2v) is 4.81. The predicted octanol–water partition coefficient (Wildman–Crippen LogP) is 3.37. The Morgan fingerprint density at radius 3 is 1.55 bits per heavy atom. The minimum atomic E-state index is -0.633. The fraction of sp³-hybridized carbons (Fsp3) is 0.111. The maximum Gasteiger partial charge on any atom is 0.336 e. The molecule has 2 aromatic carbocycles. The Balaban J connectivity index is 1.90. The lowest BCUT2D eigenvalue weighted by Crippen LogP contribution is -2.08. The molecule has 0 N–H and O–H groups in total. The van der Waals surface area contributed by atoms with Crippen molar-refractivity contribution in [1.29, 1.82) is 0 Å². The Morgan fingerprint density at radius 1 is 0.773 bits per heavy atom. The van der Waals surface area contributed by atoms with E-state index in [1.807, 2.05) is 26.0 Å². The van der Waals surface area contributed by atoms with Crippen LogP contribution in [0.2, 0.25) is 0 Å². The van der Waals surface area contributed by atoms with E-state index in [0.29, 0.717) is 11.5 Å². The smallest absolute Gasteiger partial charge is 0.336 e. The molecule has 0 bridgehead atoms. The molecular weight excluding hydrogens is 280 g/mol. The van der Waals surface area contributed by atoms with Gasteiger partial charge in [0.05, 0.1) is 0 Å². The highest BCUT2D eigenvalue weighted by atomic mass is 16.5. The van der Waals surface area contributed by atoms with Crippen molar-refractivity contribution in [2.45, 2.75) is 13.8 Å². The van der Waals surface area contributed by atoms with E-state index in [1.165, 1.54) is 0 Å². The average molecular weight is 296 g/mol. The Labute approximate surface area is 129 Å². The summed E-state index contributed by atoms with van der Waals surface area (Å²) in [6.07, 6.45) is 2.08. The van der Waals surface area contributed by atoms with Gasteiger partial charge < -0.3 is 9.47 Å². The van der Waals surface area contributed by atoms with Crippen LogP contribution in [0.1, 0.15) is 11.1 Å². The molecule has 112 valence electrons. The topological polar surface area (TPSA) is 52.6 Å². The van der Waals surface area contributed by atoms with Gasteiger partial charge in [-0.05, 0) is 49.2 Å². The lowest BCUT2D eigenvalue weighted by atomic mass is 10.2. The highest BCUT2D eigenvalue weighted by Crippen LogP contribution is 2.13. The molecule has 0 aliphatic rings. The minimum absolute atomic E-state index is 0.432. The normalized spacial score (nSPS) is 10.5. The van der Waals surface area contributed by atoms with Crippen LogP contribution in [0.3, 0.4) is 0 Å². The van der Waals surface area contributed by atoms with Crippen LogP contribution in [0.15, 0.2) is 60.7 Å². The van der Waals surface area contributed by atoms with Crippen molar-refractivity contribution in [2.75, 3.05) is 0 Å². The summed E-state index contributed by atoms with van der Waals surface area (Å²) in [7, 11) is 0. The van der Waals surface area contributed by atoms with Crippen LogP contribution >= 0.6 is 0 Å². The zero-order valence-electron chi connectivity index (χ0n) is 12.4. The summed E-state index contributed by atoms with van der Waals surface area (Å²) >= 11 is 0. The largest absolute Gasteiger partial charge is 0.423 e. The van der Waals surface area contributed by atoms with Crippen molar-refractivity contribution in [1.82, 2.24) is 0 Å². The van der Waals surface area contributed by atoms with Gasteiger partial charge in [-0.3, -0.25) is 0 Å². The summed E-state index contributed by atoms with van der Waals surface area (Å²) in [5, 5.41) is 0. The van der Waals surface area contributed by atoms with Gasteiger partial charge in [0.25, 0.3) is 0 Å². The summed E-state index contributed by atoms with van der Waals surface area (Å²) in [5.74, 6) is -0.401. The summed E-state index contributed by atoms with van der Waals surface area (Å²) in [4.78, 5) is 23.2. The number of hydrogen-bond acceptors (Lipinski definition) is 4. The molecule has 0 atom stereocenters. The van der Waals surface area contributed by atoms with Gasteiger partial charge in [0.1, 0.15) is 11.5 Å². The molecule has 0 aliphatic heterocycles. The average Bonchev–Trinajstić information content (AvgIpc) is 2.45. The Hall–Kier alpha value is -2.88. The van der Waals surface area contributed by atoms with Crippen LogP contribution in [-0.4, -0.2) is 11.9 Å². The standard InChI is InChI=1S/C18H16O4/c1-13-5-3-7-15(11-13)21-17(19)9-10-18(20)22-16-8-4-6-14(2)12-16/h3-12H,1-2H3/b10-9+. The lowest BCUT2D eigenvalue weighted by molar-refractivity contribution is -0.131. The van der Waals surface area contributed by atoms with Gasteiger partial charge in [0, 0.05) is 12.2 Å². The molecule has 0 aliphatic carbocycles. The third kappa shape index (κ3) is 4.90. The zero-order chi connectivity index (χ0) is 15.9. The van der Waals surface area contributed by atoms with Gasteiger partial charge in [0.2, 0.25) is 0 Å². The molecular formula is C18H16O4. The molecule has 0 saturated carbocycles. The Morgan fingerprint density at radius 2 is 1.18 bits per heavy atom. The van der Waals surface area contributed by atoms with E-state index in [0.717, 1.165) is 23.3 Å². The lowest BCUT2D eigenvalue weighted by Gasteiger charge is -2.03. The van der Waals surface area contributed by atoms with E-state index in [1.54, 1.807) is 36.4 Å². The SMILES string of the molecule is Cc1cccc(OC(=O)/C=C/C(=O)Oc2cccc(C)c2)c1. The fourth-order valence-corrected chi connectivity index (χ4v) is 1.79. The van der Waals surface area contributed by atoms with E-state index in [4.69, 9.17) is 9.47 Å². The maximum absolute atomic E-state index is 11.6. The number of carbonyl (C=O) groups excluding carboxylic acids is 2. The van der Waals surface area contributed by atoms with Gasteiger partial charge in [-0.15, -0.1) is 0 Å². The number of esters is 2. The van der Waals surface area contributed by atoms with Gasteiger partial charge in [-0.2, -0.15) is 0 Å². The van der Waals surface area contributed by atoms with Crippen LogP contribution in [0.25, 0.3) is 0 Å². The van der Waals surface area contributed by atoms with Crippen LogP contribution in [0.5, 0.6) is 11.5 Å². The zero-order valence-corrected chi connectivity index (χ0v) is 12.4. The third-order valence-electron chi connectivity index (χ3n) is 2.77. The second kappa shape index (κ2) is 7.22. The number of hydrogen-bond donors (Lipinski definition) is 0.